The number of aromatic nitrogens is 1. The molecule has 6 heteroatoms. The summed E-state index contributed by atoms with van der Waals surface area (Å²) in [5.74, 6) is 1.01. The molecule has 6 nitrogen and oxygen atoms in total. The number of nitrogens with zero attached hydrogens (tertiary/aromatic N) is 3. The van der Waals surface area contributed by atoms with E-state index in [0.29, 0.717) is 23.2 Å². The Bertz CT molecular complexity index is 883. The number of aliphatic hydroxyl groups is 1. The first kappa shape index (κ1) is 18.7. The van der Waals surface area contributed by atoms with Crippen LogP contribution in [0.2, 0.25) is 0 Å². The molecule has 0 amide bonds. The van der Waals surface area contributed by atoms with Crippen LogP contribution in [0, 0.1) is 11.3 Å². The summed E-state index contributed by atoms with van der Waals surface area (Å²) >= 11 is 0. The van der Waals surface area contributed by atoms with Crippen LogP contribution in [0.5, 0.6) is 5.75 Å². The zero-order valence-corrected chi connectivity index (χ0v) is 16.0. The number of anilines is 1. The number of hydrogen-bond donors (Lipinski definition) is 2. The molecule has 28 heavy (non-hydrogen) atoms. The predicted molar refractivity (Wildman–Crippen MR) is 108 cm³/mol. The minimum Gasteiger partial charge on any atom is -0.491 e. The summed E-state index contributed by atoms with van der Waals surface area (Å²) in [5, 5.41) is 18.7. The molecule has 1 fully saturated rings. The Morgan fingerprint density at radius 1 is 1.25 bits per heavy atom. The second-order valence-electron chi connectivity index (χ2n) is 7.54. The van der Waals surface area contributed by atoms with Crippen molar-refractivity contribution >= 4 is 5.82 Å². The number of hydrogen-bond acceptors (Lipinski definition) is 6. The smallest absolute Gasteiger partial charge is 0.142 e. The molecular formula is C22H26N4O2. The van der Waals surface area contributed by atoms with Crippen LogP contribution < -0.4 is 10.5 Å². The summed E-state index contributed by atoms with van der Waals surface area (Å²) in [6.45, 7) is 2.06. The van der Waals surface area contributed by atoms with Crippen LogP contribution in [0.1, 0.15) is 42.5 Å². The molecule has 3 N–H and O–H groups in total. The van der Waals surface area contributed by atoms with E-state index in [2.05, 4.69) is 16.0 Å². The molecule has 0 radical (unpaired) electrons. The summed E-state index contributed by atoms with van der Waals surface area (Å²) in [7, 11) is 0. The lowest BCUT2D eigenvalue weighted by atomic mass is 9.90. The summed E-state index contributed by atoms with van der Waals surface area (Å²) in [5.41, 5.74) is 10.6. The van der Waals surface area contributed by atoms with E-state index in [1.54, 1.807) is 0 Å². The average molecular weight is 378 g/mol. The van der Waals surface area contributed by atoms with Crippen LogP contribution in [-0.2, 0) is 13.0 Å². The molecule has 1 aromatic carbocycles. The number of nitrogens with two attached hydrogens (primary N) is 1. The van der Waals surface area contributed by atoms with Crippen LogP contribution in [0.15, 0.2) is 24.3 Å². The van der Waals surface area contributed by atoms with Gasteiger partial charge in [-0.05, 0) is 36.1 Å². The SMILES string of the molecule is N#Cc1c(N)nc2c(c1-c1ccc(OCCO)cc1)CN(C1CCCC1)CC2. The van der Waals surface area contributed by atoms with E-state index in [4.69, 9.17) is 15.6 Å². The fourth-order valence-electron chi connectivity index (χ4n) is 4.49. The third kappa shape index (κ3) is 3.56. The molecule has 0 bridgehead atoms. The van der Waals surface area contributed by atoms with E-state index in [9.17, 15) is 5.26 Å². The van der Waals surface area contributed by atoms with Crippen LogP contribution >= 0.6 is 0 Å². The normalized spacial score (nSPS) is 17.3. The van der Waals surface area contributed by atoms with Crippen molar-refractivity contribution in [3.05, 3.63) is 41.1 Å². The van der Waals surface area contributed by atoms with E-state index in [-0.39, 0.29) is 13.2 Å². The van der Waals surface area contributed by atoms with Crippen molar-refractivity contribution in [2.75, 3.05) is 25.5 Å². The van der Waals surface area contributed by atoms with Gasteiger partial charge in [-0.2, -0.15) is 5.26 Å². The standard InChI is InChI=1S/C22H26N4O2/c23-13-18-21(15-5-7-17(8-6-15)28-12-11-27)19-14-26(16-3-1-2-4-16)10-9-20(19)25-22(18)24/h5-8,16,27H,1-4,9-12,14H2,(H2,24,25). The number of ether oxygens (including phenoxy) is 1. The number of aliphatic hydroxyl groups excluding tert-OH is 1. The van der Waals surface area contributed by atoms with Crippen molar-refractivity contribution in [3.8, 4) is 22.9 Å². The van der Waals surface area contributed by atoms with Crippen LogP contribution in [0.25, 0.3) is 11.1 Å². The molecule has 1 aliphatic carbocycles. The molecule has 1 aromatic heterocycles. The second-order valence-corrected chi connectivity index (χ2v) is 7.54. The van der Waals surface area contributed by atoms with E-state index >= 15 is 0 Å². The maximum Gasteiger partial charge on any atom is 0.142 e. The molecular weight excluding hydrogens is 352 g/mol. The van der Waals surface area contributed by atoms with Gasteiger partial charge < -0.3 is 15.6 Å². The molecule has 1 saturated carbocycles. The maximum absolute atomic E-state index is 9.77. The first-order valence-corrected chi connectivity index (χ1v) is 10.0. The topological polar surface area (TPSA) is 95.4 Å². The lowest BCUT2D eigenvalue weighted by Crippen LogP contribution is -2.38. The summed E-state index contributed by atoms with van der Waals surface area (Å²) in [6.07, 6.45) is 6.00. The van der Waals surface area contributed by atoms with Crippen molar-refractivity contribution < 1.29 is 9.84 Å². The Labute approximate surface area is 165 Å². The van der Waals surface area contributed by atoms with Crippen LogP contribution in [0.3, 0.4) is 0 Å². The highest BCUT2D eigenvalue weighted by molar-refractivity contribution is 5.79. The number of fused-ring (bicyclic) bond motifs is 1. The van der Waals surface area contributed by atoms with E-state index < -0.39 is 0 Å². The first-order chi connectivity index (χ1) is 13.7. The van der Waals surface area contributed by atoms with Gasteiger partial charge in [0.2, 0.25) is 0 Å². The number of pyridine rings is 1. The highest BCUT2D eigenvalue weighted by Crippen LogP contribution is 2.37. The van der Waals surface area contributed by atoms with Gasteiger partial charge in [-0.25, -0.2) is 4.98 Å². The van der Waals surface area contributed by atoms with E-state index in [1.807, 2.05) is 24.3 Å². The zero-order valence-electron chi connectivity index (χ0n) is 16.0. The molecule has 2 aromatic rings. The summed E-state index contributed by atoms with van der Waals surface area (Å²) < 4.78 is 5.46. The van der Waals surface area contributed by atoms with Gasteiger partial charge in [0.1, 0.15) is 29.8 Å². The van der Waals surface area contributed by atoms with Gasteiger partial charge in [-0.1, -0.05) is 25.0 Å². The van der Waals surface area contributed by atoms with Gasteiger partial charge in [0.05, 0.1) is 6.61 Å². The molecule has 2 heterocycles. The molecule has 0 spiro atoms. The van der Waals surface area contributed by atoms with Gasteiger partial charge in [0, 0.05) is 36.8 Å². The fourth-order valence-corrected chi connectivity index (χ4v) is 4.49. The van der Waals surface area contributed by atoms with Crippen molar-refractivity contribution in [3.63, 3.8) is 0 Å². The predicted octanol–water partition coefficient (Wildman–Crippen LogP) is 2.87. The molecule has 2 aliphatic rings. The number of nitrogen functional groups attached to an aromatic ring is 1. The maximum atomic E-state index is 9.77. The zero-order chi connectivity index (χ0) is 19.5. The third-order valence-electron chi connectivity index (χ3n) is 5.86. The van der Waals surface area contributed by atoms with Crippen LogP contribution in [-0.4, -0.2) is 40.8 Å². The Morgan fingerprint density at radius 3 is 2.68 bits per heavy atom. The lowest BCUT2D eigenvalue weighted by Gasteiger charge is -2.34. The largest absolute Gasteiger partial charge is 0.491 e. The van der Waals surface area contributed by atoms with Gasteiger partial charge in [-0.15, -0.1) is 0 Å². The molecule has 0 unspecified atom stereocenters. The highest BCUT2D eigenvalue weighted by atomic mass is 16.5. The van der Waals surface area contributed by atoms with Gasteiger partial charge >= 0.3 is 0 Å². The molecule has 0 saturated heterocycles. The number of rotatable bonds is 5. The Hall–Kier alpha value is -2.62. The summed E-state index contributed by atoms with van der Waals surface area (Å²) in [6, 6.07) is 10.6. The number of nitriles is 1. The first-order valence-electron chi connectivity index (χ1n) is 10.0. The van der Waals surface area contributed by atoms with Crippen molar-refractivity contribution in [1.82, 2.24) is 9.88 Å². The molecule has 146 valence electrons. The van der Waals surface area contributed by atoms with Gasteiger partial charge in [0.15, 0.2) is 0 Å². The van der Waals surface area contributed by atoms with Crippen molar-refractivity contribution in [2.24, 2.45) is 0 Å². The summed E-state index contributed by atoms with van der Waals surface area (Å²) in [4.78, 5) is 7.12. The average Bonchev–Trinajstić information content (AvgIpc) is 3.26. The minimum atomic E-state index is -0.0221. The van der Waals surface area contributed by atoms with Crippen LogP contribution in [0.4, 0.5) is 5.82 Å². The third-order valence-corrected chi connectivity index (χ3v) is 5.86. The van der Waals surface area contributed by atoms with Gasteiger partial charge in [0.25, 0.3) is 0 Å². The molecule has 0 atom stereocenters. The van der Waals surface area contributed by atoms with Gasteiger partial charge in [-0.3, -0.25) is 4.90 Å². The molecule has 1 aliphatic heterocycles. The van der Waals surface area contributed by atoms with Crippen molar-refractivity contribution in [1.29, 1.82) is 5.26 Å². The van der Waals surface area contributed by atoms with Crippen molar-refractivity contribution in [2.45, 2.75) is 44.7 Å². The lowest BCUT2D eigenvalue weighted by molar-refractivity contribution is 0.180. The monoisotopic (exact) mass is 378 g/mol. The highest BCUT2D eigenvalue weighted by Gasteiger charge is 2.30. The Morgan fingerprint density at radius 2 is 2.00 bits per heavy atom. The second kappa shape index (κ2) is 8.17. The Balaban J connectivity index is 1.73. The quantitative estimate of drug-likeness (QED) is 0.831. The Kier molecular flexibility index (Phi) is 5.47. The van der Waals surface area contributed by atoms with E-state index in [0.717, 1.165) is 41.9 Å². The minimum absolute atomic E-state index is 0.0221. The molecule has 4 rings (SSSR count). The van der Waals surface area contributed by atoms with E-state index in [1.165, 1.54) is 25.7 Å². The fraction of sp³-hybridized carbons (Fsp3) is 0.455. The number of benzene rings is 1.